The van der Waals surface area contributed by atoms with Crippen molar-refractivity contribution in [3.63, 3.8) is 0 Å². The first-order valence-electron chi connectivity index (χ1n) is 13.5. The van der Waals surface area contributed by atoms with E-state index in [1.165, 1.54) is 6.42 Å². The molecule has 4 aromatic rings. The molecule has 1 aliphatic carbocycles. The fraction of sp³-hybridized carbons (Fsp3) is 0.379. The molecule has 1 N–H and O–H groups in total. The van der Waals surface area contributed by atoms with Crippen molar-refractivity contribution in [2.45, 2.75) is 50.7 Å². The van der Waals surface area contributed by atoms with E-state index < -0.39 is 6.04 Å². The van der Waals surface area contributed by atoms with Crippen LogP contribution in [-0.2, 0) is 23.2 Å². The van der Waals surface area contributed by atoms with Crippen LogP contribution in [0.15, 0.2) is 60.8 Å². The van der Waals surface area contributed by atoms with E-state index in [0.717, 1.165) is 31.2 Å². The van der Waals surface area contributed by atoms with Gasteiger partial charge in [-0.2, -0.15) is 0 Å². The molecule has 39 heavy (non-hydrogen) atoms. The molecule has 3 heterocycles. The highest BCUT2D eigenvalue weighted by molar-refractivity contribution is 6.01. The molecule has 0 radical (unpaired) electrons. The molecule has 2 aromatic carbocycles. The molecule has 6 rings (SSSR count). The standard InChI is InChI=1S/C29H32N6O4/c1-33-15-7-12-24(33)28(29(37)30-20-8-3-2-4-9-20)35(21-13-14-25-26(18-21)39-17-16-38-25)27(36)19-34-23-11-6-5-10-22(23)31-32-34/h5-7,10-15,18,20,28H,2-4,8-9,16-17,19H2,1H3,(H,30,37)/t28-/m1/s1. The third kappa shape index (κ3) is 5.06. The van der Waals surface area contributed by atoms with Crippen LogP contribution in [0.2, 0.25) is 0 Å². The Kier molecular flexibility index (Phi) is 6.91. The van der Waals surface area contributed by atoms with E-state index in [-0.39, 0.29) is 24.4 Å². The lowest BCUT2D eigenvalue weighted by Crippen LogP contribution is -2.48. The van der Waals surface area contributed by atoms with E-state index in [2.05, 4.69) is 15.6 Å². The fourth-order valence-electron chi connectivity index (χ4n) is 5.53. The molecule has 10 nitrogen and oxygen atoms in total. The molecule has 2 amide bonds. The van der Waals surface area contributed by atoms with Crippen molar-refractivity contribution in [3.05, 3.63) is 66.5 Å². The zero-order valence-electron chi connectivity index (χ0n) is 22.0. The Morgan fingerprint density at radius 1 is 1.03 bits per heavy atom. The second-order valence-electron chi connectivity index (χ2n) is 10.1. The van der Waals surface area contributed by atoms with Crippen molar-refractivity contribution in [1.29, 1.82) is 0 Å². The summed E-state index contributed by atoms with van der Waals surface area (Å²) in [5.41, 5.74) is 2.69. The number of aromatic nitrogens is 4. The number of nitrogens with one attached hydrogen (secondary N) is 1. The topological polar surface area (TPSA) is 104 Å². The molecular weight excluding hydrogens is 496 g/mol. The normalized spacial score (nSPS) is 16.1. The summed E-state index contributed by atoms with van der Waals surface area (Å²) in [6.45, 7) is 0.787. The number of ether oxygens (including phenoxy) is 2. The van der Waals surface area contributed by atoms with Crippen LogP contribution in [0.4, 0.5) is 5.69 Å². The van der Waals surface area contributed by atoms with Crippen LogP contribution in [0.1, 0.15) is 43.8 Å². The van der Waals surface area contributed by atoms with Crippen molar-refractivity contribution in [3.8, 4) is 11.5 Å². The van der Waals surface area contributed by atoms with Gasteiger partial charge in [-0.05, 0) is 49.2 Å². The third-order valence-electron chi connectivity index (χ3n) is 7.50. The minimum atomic E-state index is -0.906. The molecule has 0 saturated heterocycles. The molecule has 0 unspecified atom stereocenters. The highest BCUT2D eigenvalue weighted by atomic mass is 16.6. The second kappa shape index (κ2) is 10.8. The van der Waals surface area contributed by atoms with Gasteiger partial charge in [-0.25, -0.2) is 4.68 Å². The summed E-state index contributed by atoms with van der Waals surface area (Å²) < 4.78 is 15.0. The van der Waals surface area contributed by atoms with Crippen LogP contribution < -0.4 is 19.7 Å². The Labute approximate surface area is 226 Å². The zero-order valence-corrected chi connectivity index (χ0v) is 22.0. The first-order chi connectivity index (χ1) is 19.1. The molecule has 1 aliphatic heterocycles. The van der Waals surface area contributed by atoms with E-state index >= 15 is 0 Å². The van der Waals surface area contributed by atoms with E-state index in [0.29, 0.717) is 41.6 Å². The average molecular weight is 529 g/mol. The number of para-hydroxylation sites is 1. The number of fused-ring (bicyclic) bond motifs is 2. The number of hydrogen-bond acceptors (Lipinski definition) is 6. The van der Waals surface area contributed by atoms with Gasteiger partial charge in [-0.3, -0.25) is 14.5 Å². The van der Waals surface area contributed by atoms with Gasteiger partial charge in [0.25, 0.3) is 0 Å². The lowest BCUT2D eigenvalue weighted by Gasteiger charge is -2.34. The number of nitrogens with zero attached hydrogens (tertiary/aromatic N) is 5. The smallest absolute Gasteiger partial charge is 0.249 e. The van der Waals surface area contributed by atoms with Crippen LogP contribution >= 0.6 is 0 Å². The van der Waals surface area contributed by atoms with E-state index in [9.17, 15) is 9.59 Å². The maximum atomic E-state index is 14.2. The predicted octanol–water partition coefficient (Wildman–Crippen LogP) is 3.76. The molecular formula is C29H32N6O4. The maximum absolute atomic E-state index is 14.2. The van der Waals surface area contributed by atoms with Crippen molar-refractivity contribution in [2.75, 3.05) is 18.1 Å². The molecule has 202 valence electrons. The van der Waals surface area contributed by atoms with Gasteiger partial charge in [0.1, 0.15) is 25.3 Å². The average Bonchev–Trinajstić information content (AvgIpc) is 3.57. The Morgan fingerprint density at radius 2 is 1.82 bits per heavy atom. The van der Waals surface area contributed by atoms with Crippen molar-refractivity contribution in [1.82, 2.24) is 24.9 Å². The van der Waals surface area contributed by atoms with E-state index in [1.54, 1.807) is 27.8 Å². The van der Waals surface area contributed by atoms with Gasteiger partial charge in [0.2, 0.25) is 11.8 Å². The largest absolute Gasteiger partial charge is 0.486 e. The number of hydrogen-bond donors (Lipinski definition) is 1. The van der Waals surface area contributed by atoms with E-state index in [1.807, 2.05) is 54.2 Å². The highest BCUT2D eigenvalue weighted by Gasteiger charge is 2.36. The van der Waals surface area contributed by atoms with Gasteiger partial charge in [0.05, 0.1) is 11.2 Å². The molecule has 0 spiro atoms. The number of aryl methyl sites for hydroxylation is 1. The number of carbonyl (C=O) groups excluding carboxylic acids is 2. The fourth-order valence-corrected chi connectivity index (χ4v) is 5.53. The van der Waals surface area contributed by atoms with Gasteiger partial charge in [0, 0.05) is 31.0 Å². The summed E-state index contributed by atoms with van der Waals surface area (Å²) >= 11 is 0. The Morgan fingerprint density at radius 3 is 2.62 bits per heavy atom. The molecule has 2 aromatic heterocycles. The van der Waals surface area contributed by atoms with Gasteiger partial charge >= 0.3 is 0 Å². The Balaban J connectivity index is 1.42. The zero-order chi connectivity index (χ0) is 26.8. The van der Waals surface area contributed by atoms with Crippen LogP contribution in [0.25, 0.3) is 11.0 Å². The summed E-state index contributed by atoms with van der Waals surface area (Å²) in [4.78, 5) is 29.9. The minimum Gasteiger partial charge on any atom is -0.486 e. The van der Waals surface area contributed by atoms with Gasteiger partial charge < -0.3 is 19.4 Å². The summed E-state index contributed by atoms with van der Waals surface area (Å²) in [7, 11) is 1.88. The first-order valence-corrected chi connectivity index (χ1v) is 13.5. The van der Waals surface area contributed by atoms with Gasteiger partial charge in [0.15, 0.2) is 17.5 Å². The molecule has 1 fully saturated rings. The Hall–Kier alpha value is -4.34. The van der Waals surface area contributed by atoms with Crippen molar-refractivity contribution < 1.29 is 19.1 Å². The van der Waals surface area contributed by atoms with E-state index in [4.69, 9.17) is 9.47 Å². The van der Waals surface area contributed by atoms with Crippen molar-refractivity contribution in [2.24, 2.45) is 7.05 Å². The number of benzene rings is 2. The van der Waals surface area contributed by atoms with Crippen molar-refractivity contribution >= 4 is 28.5 Å². The lowest BCUT2D eigenvalue weighted by molar-refractivity contribution is -0.127. The molecule has 1 saturated carbocycles. The van der Waals surface area contributed by atoms with Crippen LogP contribution in [-0.4, -0.2) is 50.6 Å². The van der Waals surface area contributed by atoms with Crippen LogP contribution in [0.3, 0.4) is 0 Å². The van der Waals surface area contributed by atoms with Crippen LogP contribution in [0, 0.1) is 0 Å². The first kappa shape index (κ1) is 25.0. The lowest BCUT2D eigenvalue weighted by atomic mass is 9.95. The highest BCUT2D eigenvalue weighted by Crippen LogP contribution is 2.37. The number of rotatable bonds is 7. The molecule has 1 atom stereocenters. The summed E-state index contributed by atoms with van der Waals surface area (Å²) in [6.07, 6.45) is 7.12. The number of carbonyl (C=O) groups is 2. The van der Waals surface area contributed by atoms with Gasteiger partial charge in [-0.1, -0.05) is 36.6 Å². The molecule has 2 aliphatic rings. The van der Waals surface area contributed by atoms with Gasteiger partial charge in [-0.15, -0.1) is 5.10 Å². The maximum Gasteiger partial charge on any atom is 0.249 e. The summed E-state index contributed by atoms with van der Waals surface area (Å²) in [5, 5.41) is 11.7. The quantitative estimate of drug-likeness (QED) is 0.392. The SMILES string of the molecule is Cn1cccc1[C@H](C(=O)NC1CCCCC1)N(C(=O)Cn1nnc2ccccc21)c1ccc2c(c1)OCCO2. The van der Waals surface area contributed by atoms with Crippen LogP contribution in [0.5, 0.6) is 11.5 Å². The summed E-state index contributed by atoms with van der Waals surface area (Å²) in [5.74, 6) is 0.644. The number of amides is 2. The summed E-state index contributed by atoms with van der Waals surface area (Å²) in [6, 6.07) is 15.8. The molecule has 10 heteroatoms. The number of anilines is 1. The minimum absolute atomic E-state index is 0.0884. The predicted molar refractivity (Wildman–Crippen MR) is 146 cm³/mol. The second-order valence-corrected chi connectivity index (χ2v) is 10.1. The monoisotopic (exact) mass is 528 g/mol. The third-order valence-corrected chi connectivity index (χ3v) is 7.50. The Bertz CT molecular complexity index is 1490. The molecule has 0 bridgehead atoms.